The van der Waals surface area contributed by atoms with Crippen LogP contribution in [0, 0.1) is 5.82 Å². The molecule has 23 heavy (non-hydrogen) atoms. The fourth-order valence-corrected chi connectivity index (χ4v) is 3.03. The molecule has 0 spiro atoms. The van der Waals surface area contributed by atoms with E-state index in [4.69, 9.17) is 10.5 Å². The lowest BCUT2D eigenvalue weighted by Crippen LogP contribution is -2.11. The second-order valence-corrected chi connectivity index (χ2v) is 5.79. The van der Waals surface area contributed by atoms with Crippen molar-refractivity contribution in [1.29, 1.82) is 0 Å². The fraction of sp³-hybridized carbons (Fsp3) is 0.133. The van der Waals surface area contributed by atoms with Crippen LogP contribution in [0.4, 0.5) is 17.6 Å². The predicted octanol–water partition coefficient (Wildman–Crippen LogP) is 3.87. The van der Waals surface area contributed by atoms with E-state index in [-0.39, 0.29) is 11.5 Å². The minimum atomic E-state index is -4.66. The van der Waals surface area contributed by atoms with Crippen LogP contribution >= 0.6 is 11.3 Å². The van der Waals surface area contributed by atoms with Gasteiger partial charge in [0.15, 0.2) is 12.0 Å². The Morgan fingerprint density at radius 1 is 1.22 bits per heavy atom. The lowest BCUT2D eigenvalue weighted by molar-refractivity contribution is -0.137. The van der Waals surface area contributed by atoms with Crippen LogP contribution in [0.1, 0.15) is 22.1 Å². The zero-order chi connectivity index (χ0) is 16.8. The van der Waals surface area contributed by atoms with Crippen LogP contribution < -0.4 is 5.73 Å². The van der Waals surface area contributed by atoms with Crippen molar-refractivity contribution in [2.45, 2.75) is 12.3 Å². The van der Waals surface area contributed by atoms with Crippen LogP contribution in [-0.2, 0) is 15.7 Å². The van der Waals surface area contributed by atoms with Crippen LogP contribution in [0.5, 0.6) is 0 Å². The van der Waals surface area contributed by atoms with Crippen molar-refractivity contribution < 1.29 is 27.1 Å². The van der Waals surface area contributed by atoms with E-state index < -0.39 is 35.0 Å². The first kappa shape index (κ1) is 15.5. The van der Waals surface area contributed by atoms with Crippen LogP contribution in [0.3, 0.4) is 0 Å². The Morgan fingerprint density at radius 3 is 2.57 bits per heavy atom. The number of ketones is 1. The molecule has 120 valence electrons. The summed E-state index contributed by atoms with van der Waals surface area (Å²) < 4.78 is 57.6. The highest BCUT2D eigenvalue weighted by Gasteiger charge is 2.39. The van der Waals surface area contributed by atoms with E-state index in [0.29, 0.717) is 23.1 Å². The molecule has 1 aliphatic heterocycles. The van der Waals surface area contributed by atoms with Crippen LogP contribution in [0.25, 0.3) is 5.57 Å². The summed E-state index contributed by atoms with van der Waals surface area (Å²) in [6.45, 7) is 0. The molecule has 2 N–H and O–H groups in total. The Hall–Kier alpha value is -2.35. The van der Waals surface area contributed by atoms with Crippen molar-refractivity contribution in [3.63, 3.8) is 0 Å². The van der Waals surface area contributed by atoms with E-state index in [2.05, 4.69) is 0 Å². The first-order chi connectivity index (χ1) is 10.8. The van der Waals surface area contributed by atoms with Gasteiger partial charge in [0.1, 0.15) is 5.82 Å². The summed E-state index contributed by atoms with van der Waals surface area (Å²) in [6, 6.07) is 5.15. The molecule has 1 aromatic heterocycles. The normalized spacial score (nSPS) is 18.4. The van der Waals surface area contributed by atoms with Crippen molar-refractivity contribution >= 4 is 22.7 Å². The molecule has 0 aliphatic carbocycles. The first-order valence-corrected chi connectivity index (χ1v) is 7.28. The predicted molar refractivity (Wildman–Crippen MR) is 75.7 cm³/mol. The molecule has 0 saturated carbocycles. The number of carbonyl (C=O) groups is 1. The standard InChI is InChI=1S/C15H9F4NO2S/c16-9-4-3-7(15(17,18)19)6-8(9)11-12(21)13(22-14(11)20)10-2-1-5-23-10/h1-6,13H,20H2. The Balaban J connectivity index is 2.05. The van der Waals surface area contributed by atoms with Gasteiger partial charge >= 0.3 is 6.18 Å². The molecule has 1 aliphatic rings. The number of hydrogen-bond donors (Lipinski definition) is 1. The number of alkyl halides is 3. The van der Waals surface area contributed by atoms with Crippen LogP contribution in [0.15, 0.2) is 41.6 Å². The van der Waals surface area contributed by atoms with Gasteiger partial charge in [-0.1, -0.05) is 6.07 Å². The number of benzene rings is 1. The summed E-state index contributed by atoms with van der Waals surface area (Å²) in [7, 11) is 0. The number of Topliss-reactive ketones (excluding diaryl/α,β-unsaturated/α-hetero) is 1. The molecule has 1 aromatic carbocycles. The fourth-order valence-electron chi connectivity index (χ4n) is 2.28. The number of thiophene rings is 1. The highest BCUT2D eigenvalue weighted by molar-refractivity contribution is 7.10. The second-order valence-electron chi connectivity index (χ2n) is 4.81. The molecule has 3 nitrogen and oxygen atoms in total. The van der Waals surface area contributed by atoms with Crippen molar-refractivity contribution in [3.05, 3.63) is 63.4 Å². The zero-order valence-corrected chi connectivity index (χ0v) is 12.2. The van der Waals surface area contributed by atoms with Crippen molar-refractivity contribution in [2.75, 3.05) is 0 Å². The van der Waals surface area contributed by atoms with Gasteiger partial charge < -0.3 is 10.5 Å². The average Bonchev–Trinajstić information content (AvgIpc) is 3.07. The summed E-state index contributed by atoms with van der Waals surface area (Å²) in [5.74, 6) is -2.02. The van der Waals surface area contributed by atoms with Gasteiger partial charge in [-0.25, -0.2) is 4.39 Å². The largest absolute Gasteiger partial charge is 0.461 e. The van der Waals surface area contributed by atoms with Crippen molar-refractivity contribution in [1.82, 2.24) is 0 Å². The summed E-state index contributed by atoms with van der Waals surface area (Å²) >= 11 is 1.23. The molecule has 0 fully saturated rings. The summed E-state index contributed by atoms with van der Waals surface area (Å²) in [4.78, 5) is 13.0. The molecular weight excluding hydrogens is 334 g/mol. The minimum absolute atomic E-state index is 0.369. The van der Waals surface area contributed by atoms with E-state index in [0.717, 1.165) is 0 Å². The first-order valence-electron chi connectivity index (χ1n) is 6.40. The third kappa shape index (κ3) is 2.70. The van der Waals surface area contributed by atoms with Gasteiger partial charge in [-0.3, -0.25) is 4.79 Å². The molecule has 2 aromatic rings. The van der Waals surface area contributed by atoms with E-state index in [1.807, 2.05) is 0 Å². The van der Waals surface area contributed by atoms with Gasteiger partial charge in [-0.15, -0.1) is 11.3 Å². The summed E-state index contributed by atoms with van der Waals surface area (Å²) in [5, 5.41) is 1.71. The summed E-state index contributed by atoms with van der Waals surface area (Å²) in [5.41, 5.74) is 3.67. The highest BCUT2D eigenvalue weighted by atomic mass is 32.1. The smallest absolute Gasteiger partial charge is 0.416 e. The minimum Gasteiger partial charge on any atom is -0.461 e. The van der Waals surface area contributed by atoms with E-state index in [1.165, 1.54) is 11.3 Å². The Morgan fingerprint density at radius 2 is 1.96 bits per heavy atom. The molecule has 3 rings (SSSR count). The number of carbonyl (C=O) groups excluding carboxylic acids is 1. The molecule has 1 atom stereocenters. The van der Waals surface area contributed by atoms with Crippen LogP contribution in [-0.4, -0.2) is 5.78 Å². The topological polar surface area (TPSA) is 52.3 Å². The van der Waals surface area contributed by atoms with Crippen molar-refractivity contribution in [2.24, 2.45) is 5.73 Å². The second kappa shape index (κ2) is 5.38. The highest BCUT2D eigenvalue weighted by Crippen LogP contribution is 2.40. The average molecular weight is 343 g/mol. The van der Waals surface area contributed by atoms with Gasteiger partial charge in [0.2, 0.25) is 5.78 Å². The molecule has 0 saturated heterocycles. The van der Waals surface area contributed by atoms with Gasteiger partial charge in [0.05, 0.1) is 16.0 Å². The Kier molecular flexibility index (Phi) is 3.63. The number of hydrogen-bond acceptors (Lipinski definition) is 4. The maximum atomic E-state index is 14.0. The van der Waals surface area contributed by atoms with E-state index >= 15 is 0 Å². The number of ether oxygens (including phenoxy) is 1. The maximum absolute atomic E-state index is 14.0. The maximum Gasteiger partial charge on any atom is 0.416 e. The van der Waals surface area contributed by atoms with Crippen molar-refractivity contribution in [3.8, 4) is 0 Å². The lowest BCUT2D eigenvalue weighted by Gasteiger charge is -2.10. The third-order valence-electron chi connectivity index (χ3n) is 3.34. The van der Waals surface area contributed by atoms with E-state index in [9.17, 15) is 22.4 Å². The molecule has 8 heteroatoms. The molecule has 1 unspecified atom stereocenters. The molecule has 0 amide bonds. The molecule has 0 bridgehead atoms. The van der Waals surface area contributed by atoms with Gasteiger partial charge in [0, 0.05) is 5.56 Å². The molecule has 2 heterocycles. The van der Waals surface area contributed by atoms with Crippen LogP contribution in [0.2, 0.25) is 0 Å². The number of halogens is 4. The molecule has 0 radical (unpaired) electrons. The van der Waals surface area contributed by atoms with Gasteiger partial charge in [-0.2, -0.15) is 13.2 Å². The Bertz CT molecular complexity index is 796. The van der Waals surface area contributed by atoms with Gasteiger partial charge in [-0.05, 0) is 29.6 Å². The monoisotopic (exact) mass is 343 g/mol. The number of rotatable bonds is 2. The lowest BCUT2D eigenvalue weighted by atomic mass is 9.97. The summed E-state index contributed by atoms with van der Waals surface area (Å²) in [6.07, 6.45) is -5.72. The van der Waals surface area contributed by atoms with E-state index in [1.54, 1.807) is 17.5 Å². The Labute approximate surface area is 132 Å². The van der Waals surface area contributed by atoms with Gasteiger partial charge in [0.25, 0.3) is 0 Å². The molecular formula is C15H9F4NO2S. The third-order valence-corrected chi connectivity index (χ3v) is 4.26. The number of nitrogens with two attached hydrogens (primary N) is 1. The SMILES string of the molecule is NC1=C(c2cc(C(F)(F)F)ccc2F)C(=O)C(c2cccs2)O1. The zero-order valence-electron chi connectivity index (χ0n) is 11.4. The quantitative estimate of drug-likeness (QED) is 0.842.